The molecule has 1 unspecified atom stereocenters. The number of amides is 1. The summed E-state index contributed by atoms with van der Waals surface area (Å²) in [5, 5.41) is 0. The molecule has 13 heavy (non-hydrogen) atoms. The zero-order valence-corrected chi connectivity index (χ0v) is 9.39. The van der Waals surface area contributed by atoms with Crippen LogP contribution >= 0.6 is 0 Å². The van der Waals surface area contributed by atoms with Gasteiger partial charge in [0.2, 0.25) is 0 Å². The van der Waals surface area contributed by atoms with Gasteiger partial charge in [-0.05, 0) is 26.7 Å². The maximum atomic E-state index is 13.8. The van der Waals surface area contributed by atoms with Crippen LogP contribution in [0.5, 0.6) is 0 Å². The van der Waals surface area contributed by atoms with Crippen molar-refractivity contribution in [3.63, 3.8) is 0 Å². The second-order valence-electron chi connectivity index (χ2n) is 4.24. The smallest absolute Gasteiger partial charge is 0.260 e. The van der Waals surface area contributed by atoms with E-state index in [0.717, 1.165) is 0 Å². The molecule has 3 heteroatoms. The third-order valence-electron chi connectivity index (χ3n) is 2.60. The van der Waals surface area contributed by atoms with Crippen molar-refractivity contribution < 1.29 is 9.18 Å². The van der Waals surface area contributed by atoms with Crippen LogP contribution in [0.4, 0.5) is 4.39 Å². The van der Waals surface area contributed by atoms with Crippen LogP contribution in [-0.4, -0.2) is 29.6 Å². The predicted octanol–water partition coefficient (Wildman–Crippen LogP) is 2.24. The van der Waals surface area contributed by atoms with E-state index in [-0.39, 0.29) is 12.0 Å². The van der Waals surface area contributed by atoms with E-state index < -0.39 is 11.6 Å². The Labute approximate surface area is 80.1 Å². The molecule has 0 spiro atoms. The zero-order chi connectivity index (χ0) is 10.8. The quantitative estimate of drug-likeness (QED) is 0.666. The van der Waals surface area contributed by atoms with Gasteiger partial charge in [-0.1, -0.05) is 13.8 Å². The summed E-state index contributed by atoms with van der Waals surface area (Å²) in [6.07, 6.45) is 0. The van der Waals surface area contributed by atoms with Gasteiger partial charge in [-0.25, -0.2) is 4.39 Å². The van der Waals surface area contributed by atoms with Crippen LogP contribution in [0.1, 0.15) is 34.6 Å². The lowest BCUT2D eigenvalue weighted by molar-refractivity contribution is -0.146. The summed E-state index contributed by atoms with van der Waals surface area (Å²) in [6.45, 7) is 8.51. The molecular formula is C10H20FNO. The summed E-state index contributed by atoms with van der Waals surface area (Å²) >= 11 is 0. The molecule has 0 aromatic carbocycles. The number of hydrogen-bond donors (Lipinski definition) is 0. The Morgan fingerprint density at radius 1 is 1.31 bits per heavy atom. The second kappa shape index (κ2) is 4.07. The summed E-state index contributed by atoms with van der Waals surface area (Å²) in [7, 11) is 1.63. The van der Waals surface area contributed by atoms with Crippen LogP contribution in [0.15, 0.2) is 0 Å². The Morgan fingerprint density at radius 3 is 1.92 bits per heavy atom. The van der Waals surface area contributed by atoms with Gasteiger partial charge in [-0.15, -0.1) is 0 Å². The fourth-order valence-electron chi connectivity index (χ4n) is 0.826. The van der Waals surface area contributed by atoms with E-state index in [0.29, 0.717) is 0 Å². The maximum absolute atomic E-state index is 13.8. The first-order chi connectivity index (χ1) is 5.71. The summed E-state index contributed by atoms with van der Waals surface area (Å²) in [5.74, 6) is -0.723. The van der Waals surface area contributed by atoms with E-state index >= 15 is 0 Å². The number of carbonyl (C=O) groups excluding carboxylic acids is 1. The molecule has 0 heterocycles. The van der Waals surface area contributed by atoms with Crippen molar-refractivity contribution in [2.75, 3.05) is 7.05 Å². The minimum Gasteiger partial charge on any atom is -0.341 e. The van der Waals surface area contributed by atoms with Crippen molar-refractivity contribution in [2.24, 2.45) is 5.92 Å². The highest BCUT2D eigenvalue weighted by Crippen LogP contribution is 2.24. The van der Waals surface area contributed by atoms with Gasteiger partial charge in [-0.3, -0.25) is 4.79 Å². The van der Waals surface area contributed by atoms with Crippen LogP contribution in [0.2, 0.25) is 0 Å². The van der Waals surface area contributed by atoms with Crippen LogP contribution in [0.3, 0.4) is 0 Å². The third kappa shape index (κ3) is 2.68. The maximum Gasteiger partial charge on any atom is 0.260 e. The average molecular weight is 189 g/mol. The minimum atomic E-state index is -1.75. The molecule has 0 aromatic heterocycles. The highest BCUT2D eigenvalue weighted by molar-refractivity contribution is 5.85. The lowest BCUT2D eigenvalue weighted by Gasteiger charge is -2.31. The molecular weight excluding hydrogens is 169 g/mol. The normalized spacial score (nSPS) is 16.1. The van der Waals surface area contributed by atoms with Crippen LogP contribution in [0, 0.1) is 5.92 Å². The lowest BCUT2D eigenvalue weighted by atomic mass is 9.93. The van der Waals surface area contributed by atoms with Gasteiger partial charge in [-0.2, -0.15) is 0 Å². The Morgan fingerprint density at radius 2 is 1.69 bits per heavy atom. The molecule has 0 aliphatic rings. The van der Waals surface area contributed by atoms with Crippen molar-refractivity contribution in [2.45, 2.75) is 46.3 Å². The molecule has 2 nitrogen and oxygen atoms in total. The highest BCUT2D eigenvalue weighted by atomic mass is 19.1. The second-order valence-corrected chi connectivity index (χ2v) is 4.24. The van der Waals surface area contributed by atoms with Crippen LogP contribution in [0.25, 0.3) is 0 Å². The first kappa shape index (κ1) is 12.4. The van der Waals surface area contributed by atoms with Gasteiger partial charge >= 0.3 is 0 Å². The molecule has 0 radical (unpaired) electrons. The monoisotopic (exact) mass is 189 g/mol. The first-order valence-corrected chi connectivity index (χ1v) is 4.67. The molecule has 0 saturated heterocycles. The van der Waals surface area contributed by atoms with Crippen LogP contribution in [-0.2, 0) is 4.79 Å². The van der Waals surface area contributed by atoms with Gasteiger partial charge in [0.05, 0.1) is 0 Å². The van der Waals surface area contributed by atoms with Crippen molar-refractivity contribution in [1.29, 1.82) is 0 Å². The molecule has 0 aromatic rings. The zero-order valence-electron chi connectivity index (χ0n) is 9.39. The van der Waals surface area contributed by atoms with E-state index in [1.165, 1.54) is 11.8 Å². The Balaban J connectivity index is 4.59. The Kier molecular flexibility index (Phi) is 3.88. The van der Waals surface area contributed by atoms with E-state index in [1.807, 2.05) is 13.8 Å². The van der Waals surface area contributed by atoms with Crippen molar-refractivity contribution in [1.82, 2.24) is 4.90 Å². The number of rotatable bonds is 3. The standard InChI is InChI=1S/C10H20FNO/c1-7(2)10(5,11)9(13)12(6)8(3)4/h7-8H,1-6H3. The number of halogens is 1. The van der Waals surface area contributed by atoms with Crippen molar-refractivity contribution in [3.05, 3.63) is 0 Å². The predicted molar refractivity (Wildman–Crippen MR) is 52.3 cm³/mol. The average Bonchev–Trinajstić information content (AvgIpc) is 2.01. The SMILES string of the molecule is CC(C)N(C)C(=O)C(C)(F)C(C)C. The number of alkyl halides is 1. The Hall–Kier alpha value is -0.600. The third-order valence-corrected chi connectivity index (χ3v) is 2.60. The largest absolute Gasteiger partial charge is 0.341 e. The summed E-state index contributed by atoms with van der Waals surface area (Å²) in [4.78, 5) is 13.0. The van der Waals surface area contributed by atoms with E-state index in [1.54, 1.807) is 20.9 Å². The molecule has 0 saturated carbocycles. The van der Waals surface area contributed by atoms with Crippen molar-refractivity contribution >= 4 is 5.91 Å². The van der Waals surface area contributed by atoms with Gasteiger partial charge < -0.3 is 4.90 Å². The molecule has 0 aliphatic heterocycles. The van der Waals surface area contributed by atoms with Crippen LogP contribution < -0.4 is 0 Å². The first-order valence-electron chi connectivity index (χ1n) is 4.67. The molecule has 0 aliphatic carbocycles. The van der Waals surface area contributed by atoms with Gasteiger partial charge in [0.1, 0.15) is 0 Å². The number of hydrogen-bond acceptors (Lipinski definition) is 1. The van der Waals surface area contributed by atoms with E-state index in [4.69, 9.17) is 0 Å². The highest BCUT2D eigenvalue weighted by Gasteiger charge is 2.39. The number of carbonyl (C=O) groups is 1. The molecule has 1 atom stereocenters. The van der Waals surface area contributed by atoms with E-state index in [2.05, 4.69) is 0 Å². The molecule has 0 N–H and O–H groups in total. The summed E-state index contributed by atoms with van der Waals surface area (Å²) in [6, 6.07) is 0.0429. The van der Waals surface area contributed by atoms with Gasteiger partial charge in [0.25, 0.3) is 5.91 Å². The lowest BCUT2D eigenvalue weighted by Crippen LogP contribution is -2.48. The molecule has 0 fully saturated rings. The van der Waals surface area contributed by atoms with E-state index in [9.17, 15) is 9.18 Å². The Bertz CT molecular complexity index is 187. The number of nitrogens with zero attached hydrogens (tertiary/aromatic N) is 1. The summed E-state index contributed by atoms with van der Waals surface area (Å²) < 4.78 is 13.8. The van der Waals surface area contributed by atoms with Gasteiger partial charge in [0.15, 0.2) is 5.67 Å². The molecule has 78 valence electrons. The topological polar surface area (TPSA) is 20.3 Å². The van der Waals surface area contributed by atoms with Crippen molar-refractivity contribution in [3.8, 4) is 0 Å². The molecule has 0 bridgehead atoms. The van der Waals surface area contributed by atoms with Gasteiger partial charge in [0, 0.05) is 13.1 Å². The summed E-state index contributed by atoms with van der Waals surface area (Å²) in [5.41, 5.74) is -1.75. The molecule has 1 amide bonds. The minimum absolute atomic E-state index is 0.0429. The fourth-order valence-corrected chi connectivity index (χ4v) is 0.826. The fraction of sp³-hybridized carbons (Fsp3) is 0.900. The molecule has 0 rings (SSSR count).